The number of carbonyl (C=O) groups is 4. The Morgan fingerprint density at radius 2 is 1.71 bits per heavy atom. The molecule has 0 radical (unpaired) electrons. The van der Waals surface area contributed by atoms with Crippen molar-refractivity contribution in [3.8, 4) is 0 Å². The molecule has 0 spiro atoms. The van der Waals surface area contributed by atoms with Crippen LogP contribution in [-0.2, 0) is 37.6 Å². The van der Waals surface area contributed by atoms with Crippen LogP contribution in [0, 0.1) is 5.92 Å². The number of carbonyl (C=O) groups excluding carboxylic acids is 4. The molecular weight excluding hydrogens is 531 g/mol. The maximum Gasteiger partial charge on any atom is 0.648 e. The van der Waals surface area contributed by atoms with E-state index in [0.29, 0.717) is 37.9 Å². The summed E-state index contributed by atoms with van der Waals surface area (Å²) in [7, 11) is -4.14. The van der Waals surface area contributed by atoms with Gasteiger partial charge in [0.15, 0.2) is 0 Å². The van der Waals surface area contributed by atoms with Crippen LogP contribution in [0.15, 0.2) is 35.2 Å². The van der Waals surface area contributed by atoms with E-state index in [9.17, 15) is 19.2 Å². The van der Waals surface area contributed by atoms with Crippen molar-refractivity contribution in [3.05, 3.63) is 30.3 Å². The molecule has 0 aromatic heterocycles. The van der Waals surface area contributed by atoms with Gasteiger partial charge in [-0.15, -0.1) is 17.2 Å². The SMILES string of the molecule is CCCC(CCC)C(=O)O[P+]1(OC(=O)CCCSc2ccccc2)NC2CCCCC2NOC(=O)C(=O)O1. The molecular formula is C26H38N2O8PS+. The molecule has 3 rings (SSSR count). The van der Waals surface area contributed by atoms with Crippen LogP contribution in [0.25, 0.3) is 0 Å². The first-order chi connectivity index (χ1) is 18.4. The summed E-state index contributed by atoms with van der Waals surface area (Å²) in [4.78, 5) is 57.2. The average Bonchev–Trinajstić information content (AvgIpc) is 2.95. The van der Waals surface area contributed by atoms with Crippen molar-refractivity contribution in [1.82, 2.24) is 10.6 Å². The summed E-state index contributed by atoms with van der Waals surface area (Å²) in [5.74, 6) is -3.80. The third-order valence-corrected chi connectivity index (χ3v) is 9.36. The molecule has 1 aliphatic carbocycles. The Labute approximate surface area is 228 Å². The Balaban J connectivity index is 1.79. The van der Waals surface area contributed by atoms with Gasteiger partial charge in [0.25, 0.3) is 0 Å². The lowest BCUT2D eigenvalue weighted by molar-refractivity contribution is -0.169. The van der Waals surface area contributed by atoms with Crippen LogP contribution in [0.1, 0.15) is 78.1 Å². The number of hydrogen-bond acceptors (Lipinski definition) is 11. The van der Waals surface area contributed by atoms with Gasteiger partial charge < -0.3 is 4.84 Å². The van der Waals surface area contributed by atoms with Crippen molar-refractivity contribution in [3.63, 3.8) is 0 Å². The predicted molar refractivity (Wildman–Crippen MR) is 143 cm³/mol. The monoisotopic (exact) mass is 569 g/mol. The summed E-state index contributed by atoms with van der Waals surface area (Å²) in [6.07, 6.45) is 6.13. The van der Waals surface area contributed by atoms with E-state index < -0.39 is 43.9 Å². The first-order valence-corrected chi connectivity index (χ1v) is 15.9. The lowest BCUT2D eigenvalue weighted by Gasteiger charge is -2.31. The van der Waals surface area contributed by atoms with Crippen LogP contribution in [-0.4, -0.2) is 41.7 Å². The smallest absolute Gasteiger partial charge is 0.361 e. The summed E-state index contributed by atoms with van der Waals surface area (Å²) in [5.41, 5.74) is 2.63. The van der Waals surface area contributed by atoms with E-state index in [1.165, 1.54) is 0 Å². The lowest BCUT2D eigenvalue weighted by atomic mass is 9.92. The van der Waals surface area contributed by atoms with Crippen LogP contribution in [0.5, 0.6) is 0 Å². The number of benzene rings is 1. The summed E-state index contributed by atoms with van der Waals surface area (Å²) in [6.45, 7) is 3.92. The van der Waals surface area contributed by atoms with Gasteiger partial charge in [0.2, 0.25) is 0 Å². The van der Waals surface area contributed by atoms with E-state index in [1.807, 2.05) is 44.2 Å². The highest BCUT2D eigenvalue weighted by Crippen LogP contribution is 2.60. The second-order valence-electron chi connectivity index (χ2n) is 9.42. The van der Waals surface area contributed by atoms with Crippen LogP contribution < -0.4 is 10.6 Å². The van der Waals surface area contributed by atoms with Gasteiger partial charge in [-0.2, -0.15) is 0 Å². The Bertz CT molecular complexity index is 946. The Kier molecular flexibility index (Phi) is 12.3. The van der Waals surface area contributed by atoms with E-state index in [4.69, 9.17) is 18.4 Å². The van der Waals surface area contributed by atoms with Crippen molar-refractivity contribution in [2.45, 2.75) is 95.0 Å². The summed E-state index contributed by atoms with van der Waals surface area (Å²) < 4.78 is 16.9. The Morgan fingerprint density at radius 1 is 1.03 bits per heavy atom. The second-order valence-corrected chi connectivity index (χ2v) is 12.4. The largest absolute Gasteiger partial charge is 0.648 e. The van der Waals surface area contributed by atoms with Crippen LogP contribution in [0.2, 0.25) is 0 Å². The Morgan fingerprint density at radius 3 is 2.39 bits per heavy atom. The highest BCUT2D eigenvalue weighted by molar-refractivity contribution is 7.99. The van der Waals surface area contributed by atoms with Gasteiger partial charge in [-0.3, -0.25) is 0 Å². The molecule has 1 saturated carbocycles. The molecule has 1 aromatic carbocycles. The first-order valence-electron chi connectivity index (χ1n) is 13.4. The molecule has 2 N–H and O–H groups in total. The maximum absolute atomic E-state index is 13.3. The van der Waals surface area contributed by atoms with Crippen LogP contribution >= 0.6 is 19.9 Å². The van der Waals surface area contributed by atoms with Crippen molar-refractivity contribution in [1.29, 1.82) is 0 Å². The van der Waals surface area contributed by atoms with Gasteiger partial charge in [-0.05, 0) is 50.0 Å². The highest BCUT2D eigenvalue weighted by Gasteiger charge is 2.61. The number of nitrogens with one attached hydrogen (secondary N) is 2. The van der Waals surface area contributed by atoms with Crippen molar-refractivity contribution >= 4 is 43.7 Å². The number of rotatable bonds is 12. The average molecular weight is 570 g/mol. The minimum absolute atomic E-state index is 0.0164. The van der Waals surface area contributed by atoms with E-state index in [1.54, 1.807) is 11.8 Å². The van der Waals surface area contributed by atoms with E-state index >= 15 is 0 Å². The van der Waals surface area contributed by atoms with Gasteiger partial charge in [0.1, 0.15) is 0 Å². The zero-order valence-corrected chi connectivity index (χ0v) is 23.7. The molecule has 1 heterocycles. The van der Waals surface area contributed by atoms with Gasteiger partial charge in [0.05, 0.1) is 24.4 Å². The number of thioether (sulfide) groups is 1. The number of hydroxylamine groups is 1. The van der Waals surface area contributed by atoms with Gasteiger partial charge in [0, 0.05) is 4.90 Å². The van der Waals surface area contributed by atoms with Gasteiger partial charge in [-0.1, -0.05) is 62.8 Å². The summed E-state index contributed by atoms with van der Waals surface area (Å²) >= 11 is 1.60. The first kappa shape index (κ1) is 30.3. The second kappa shape index (κ2) is 15.4. The van der Waals surface area contributed by atoms with Gasteiger partial charge >= 0.3 is 32.0 Å². The van der Waals surface area contributed by atoms with E-state index in [-0.39, 0.29) is 12.5 Å². The zero-order valence-electron chi connectivity index (χ0n) is 22.0. The lowest BCUT2D eigenvalue weighted by Crippen LogP contribution is -2.50. The molecule has 3 unspecified atom stereocenters. The number of fused-ring (bicyclic) bond motifs is 1. The van der Waals surface area contributed by atoms with E-state index in [2.05, 4.69) is 10.6 Å². The molecule has 1 aliphatic heterocycles. The van der Waals surface area contributed by atoms with Crippen molar-refractivity contribution in [2.24, 2.45) is 5.92 Å². The molecule has 10 nitrogen and oxygen atoms in total. The minimum atomic E-state index is -4.14. The molecule has 210 valence electrons. The molecule has 12 heteroatoms. The minimum Gasteiger partial charge on any atom is -0.361 e. The normalized spacial score (nSPS) is 23.8. The predicted octanol–water partition coefficient (Wildman–Crippen LogP) is 5.04. The Hall–Kier alpha value is -2.20. The summed E-state index contributed by atoms with van der Waals surface area (Å²) in [5, 5.41) is 3.06. The fraction of sp³-hybridized carbons (Fsp3) is 0.615. The fourth-order valence-electron chi connectivity index (χ4n) is 4.45. The molecule has 3 atom stereocenters. The molecule has 1 saturated heterocycles. The standard InChI is InChI=1S/C26H38N2O8PS/c1-3-11-19(12-4-2)24(30)35-37(34-23(29)17-10-18-38-20-13-6-5-7-14-20)28-22-16-9-8-15-21(22)27-33-25(31)26(32)36-37/h5-7,13-14,19,21-22,27-28H,3-4,8-12,15-18H2,1-2H3/q+1. The van der Waals surface area contributed by atoms with Crippen LogP contribution in [0.4, 0.5) is 0 Å². The highest BCUT2D eigenvalue weighted by atomic mass is 32.2. The molecule has 2 fully saturated rings. The third-order valence-electron chi connectivity index (χ3n) is 6.34. The zero-order chi connectivity index (χ0) is 27.4. The molecule has 0 bridgehead atoms. The van der Waals surface area contributed by atoms with Crippen molar-refractivity contribution < 1.29 is 37.6 Å². The van der Waals surface area contributed by atoms with Crippen LogP contribution in [0.3, 0.4) is 0 Å². The fourth-order valence-corrected chi connectivity index (χ4v) is 7.35. The van der Waals surface area contributed by atoms with E-state index in [0.717, 1.165) is 30.6 Å². The molecule has 2 aliphatic rings. The maximum atomic E-state index is 13.3. The van der Waals surface area contributed by atoms with Gasteiger partial charge in [-0.25, -0.2) is 32.7 Å². The molecule has 1 aromatic rings. The quantitative estimate of drug-likeness (QED) is 0.152. The molecule has 0 amide bonds. The number of hydrogen-bond donors (Lipinski definition) is 2. The topological polar surface area (TPSA) is 129 Å². The third kappa shape index (κ3) is 9.22. The van der Waals surface area contributed by atoms with Crippen molar-refractivity contribution in [2.75, 3.05) is 5.75 Å². The molecule has 38 heavy (non-hydrogen) atoms. The summed E-state index contributed by atoms with van der Waals surface area (Å²) in [6, 6.07) is 9.01.